The lowest BCUT2D eigenvalue weighted by Crippen LogP contribution is -2.22. The van der Waals surface area contributed by atoms with Crippen molar-refractivity contribution in [2.75, 3.05) is 7.11 Å². The first-order valence-corrected chi connectivity index (χ1v) is 9.44. The minimum atomic E-state index is -0.304. The standard InChI is InChI=1S/C18H13BrN2O3S2/c1-24-14-5-2-11(3-6-14)8-16-17(23)21(18(25)26-16)20-10-12-9-13(19)4-7-15(12)22/h2-10,22H,1H3. The highest BCUT2D eigenvalue weighted by molar-refractivity contribution is 9.10. The molecule has 0 bridgehead atoms. The van der Waals surface area contributed by atoms with Crippen LogP contribution in [0, 0.1) is 0 Å². The summed E-state index contributed by atoms with van der Waals surface area (Å²) in [6, 6.07) is 12.3. The molecular weight excluding hydrogens is 436 g/mol. The van der Waals surface area contributed by atoms with Gasteiger partial charge >= 0.3 is 0 Å². The number of rotatable bonds is 4. The molecule has 1 N–H and O–H groups in total. The number of ether oxygens (including phenoxy) is 1. The minimum Gasteiger partial charge on any atom is -0.507 e. The average Bonchev–Trinajstić information content (AvgIpc) is 2.90. The van der Waals surface area contributed by atoms with Crippen LogP contribution in [-0.4, -0.2) is 33.7 Å². The van der Waals surface area contributed by atoms with Gasteiger partial charge in [0, 0.05) is 10.0 Å². The van der Waals surface area contributed by atoms with E-state index in [1.54, 1.807) is 31.4 Å². The molecule has 0 radical (unpaired) electrons. The van der Waals surface area contributed by atoms with Gasteiger partial charge in [-0.15, -0.1) is 0 Å². The molecule has 0 aromatic heterocycles. The molecule has 1 fully saturated rings. The Hall–Kier alpha value is -2.16. The molecule has 0 aliphatic carbocycles. The number of hydrazone groups is 1. The van der Waals surface area contributed by atoms with Crippen molar-refractivity contribution in [3.8, 4) is 11.5 Å². The third-order valence-corrected chi connectivity index (χ3v) is 5.26. The summed E-state index contributed by atoms with van der Waals surface area (Å²) >= 11 is 9.76. The summed E-state index contributed by atoms with van der Waals surface area (Å²) in [4.78, 5) is 13.0. The lowest BCUT2D eigenvalue weighted by atomic mass is 10.2. The number of carbonyl (C=O) groups is 1. The van der Waals surface area contributed by atoms with Gasteiger partial charge in [-0.2, -0.15) is 10.1 Å². The maximum Gasteiger partial charge on any atom is 0.286 e. The van der Waals surface area contributed by atoms with Crippen molar-refractivity contribution in [1.29, 1.82) is 0 Å². The molecule has 0 unspecified atom stereocenters. The number of phenolic OH excluding ortho intramolecular Hbond substituents is 1. The normalized spacial score (nSPS) is 16.1. The van der Waals surface area contributed by atoms with E-state index in [0.29, 0.717) is 14.8 Å². The van der Waals surface area contributed by atoms with Crippen molar-refractivity contribution < 1.29 is 14.6 Å². The molecular formula is C18H13BrN2O3S2. The van der Waals surface area contributed by atoms with E-state index in [-0.39, 0.29) is 11.7 Å². The van der Waals surface area contributed by atoms with Gasteiger partial charge in [0.2, 0.25) is 0 Å². The molecule has 0 spiro atoms. The van der Waals surface area contributed by atoms with Crippen LogP contribution in [0.15, 0.2) is 56.9 Å². The van der Waals surface area contributed by atoms with E-state index >= 15 is 0 Å². The van der Waals surface area contributed by atoms with Crippen molar-refractivity contribution in [2.45, 2.75) is 0 Å². The van der Waals surface area contributed by atoms with Crippen molar-refractivity contribution in [3.05, 3.63) is 63.0 Å². The third kappa shape index (κ3) is 4.14. The number of carbonyl (C=O) groups excluding carboxylic acids is 1. The van der Waals surface area contributed by atoms with Crippen molar-refractivity contribution in [1.82, 2.24) is 5.01 Å². The van der Waals surface area contributed by atoms with E-state index in [1.165, 1.54) is 18.0 Å². The van der Waals surface area contributed by atoms with E-state index < -0.39 is 0 Å². The van der Waals surface area contributed by atoms with Crippen LogP contribution < -0.4 is 4.74 Å². The Labute approximate surface area is 168 Å². The molecule has 3 rings (SSSR count). The molecule has 8 heteroatoms. The number of nitrogens with zero attached hydrogens (tertiary/aromatic N) is 2. The summed E-state index contributed by atoms with van der Waals surface area (Å²) in [5.74, 6) is 0.505. The molecule has 1 aliphatic rings. The molecule has 1 aliphatic heterocycles. The maximum atomic E-state index is 12.6. The van der Waals surface area contributed by atoms with Crippen LogP contribution in [0.2, 0.25) is 0 Å². The van der Waals surface area contributed by atoms with Crippen molar-refractivity contribution >= 4 is 62.4 Å². The Morgan fingerprint density at radius 2 is 2.00 bits per heavy atom. The van der Waals surface area contributed by atoms with Crippen LogP contribution in [0.4, 0.5) is 0 Å². The van der Waals surface area contributed by atoms with Gasteiger partial charge in [-0.05, 0) is 54.2 Å². The number of benzene rings is 2. The van der Waals surface area contributed by atoms with Gasteiger partial charge in [-0.1, -0.05) is 39.8 Å². The molecule has 132 valence electrons. The minimum absolute atomic E-state index is 0.0659. The quantitative estimate of drug-likeness (QED) is 0.426. The highest BCUT2D eigenvalue weighted by atomic mass is 79.9. The van der Waals surface area contributed by atoms with Gasteiger partial charge in [0.15, 0.2) is 4.32 Å². The van der Waals surface area contributed by atoms with Gasteiger partial charge in [0.25, 0.3) is 5.91 Å². The fraction of sp³-hybridized carbons (Fsp3) is 0.0556. The summed E-state index contributed by atoms with van der Waals surface area (Å²) in [6.07, 6.45) is 3.16. The van der Waals surface area contributed by atoms with E-state index in [2.05, 4.69) is 21.0 Å². The SMILES string of the molecule is COc1ccc(C=C2SC(=S)N(N=Cc3cc(Br)ccc3O)C2=O)cc1. The number of hydrogen-bond donors (Lipinski definition) is 1. The Kier molecular flexibility index (Phi) is 5.75. The Balaban J connectivity index is 1.81. The number of halogens is 1. The first-order chi connectivity index (χ1) is 12.5. The summed E-state index contributed by atoms with van der Waals surface area (Å²) in [7, 11) is 1.60. The fourth-order valence-corrected chi connectivity index (χ4v) is 3.71. The van der Waals surface area contributed by atoms with Crippen LogP contribution in [-0.2, 0) is 4.79 Å². The number of thioether (sulfide) groups is 1. The molecule has 2 aromatic rings. The zero-order valence-corrected chi connectivity index (χ0v) is 16.8. The van der Waals surface area contributed by atoms with Gasteiger partial charge < -0.3 is 9.84 Å². The van der Waals surface area contributed by atoms with Gasteiger partial charge in [-0.3, -0.25) is 4.79 Å². The number of amides is 1. The smallest absolute Gasteiger partial charge is 0.286 e. The molecule has 1 amide bonds. The monoisotopic (exact) mass is 448 g/mol. The van der Waals surface area contributed by atoms with E-state index in [9.17, 15) is 9.90 Å². The van der Waals surface area contributed by atoms with Crippen LogP contribution in [0.25, 0.3) is 6.08 Å². The average molecular weight is 449 g/mol. The first kappa shape index (κ1) is 18.6. The van der Waals surface area contributed by atoms with E-state index in [0.717, 1.165) is 20.8 Å². The number of thiocarbonyl (C=S) groups is 1. The lowest BCUT2D eigenvalue weighted by molar-refractivity contribution is -0.122. The first-order valence-electron chi connectivity index (χ1n) is 7.42. The number of aromatic hydroxyl groups is 1. The highest BCUT2D eigenvalue weighted by Crippen LogP contribution is 2.33. The second-order valence-electron chi connectivity index (χ2n) is 5.21. The molecule has 0 saturated carbocycles. The van der Waals surface area contributed by atoms with Crippen LogP contribution in [0.5, 0.6) is 11.5 Å². The molecule has 2 aromatic carbocycles. The Bertz CT molecular complexity index is 927. The fourth-order valence-electron chi connectivity index (χ4n) is 2.16. The van der Waals surface area contributed by atoms with E-state index in [4.69, 9.17) is 17.0 Å². The maximum absolute atomic E-state index is 12.6. The van der Waals surface area contributed by atoms with E-state index in [1.807, 2.05) is 24.3 Å². The largest absolute Gasteiger partial charge is 0.507 e. The number of hydrogen-bond acceptors (Lipinski definition) is 6. The van der Waals surface area contributed by atoms with Crippen LogP contribution >= 0.6 is 39.9 Å². The molecule has 5 nitrogen and oxygen atoms in total. The third-order valence-electron chi connectivity index (χ3n) is 3.49. The zero-order chi connectivity index (χ0) is 18.7. The lowest BCUT2D eigenvalue weighted by Gasteiger charge is -2.06. The zero-order valence-electron chi connectivity index (χ0n) is 13.5. The molecule has 1 saturated heterocycles. The number of phenols is 1. The topological polar surface area (TPSA) is 62.1 Å². The second kappa shape index (κ2) is 8.03. The summed E-state index contributed by atoms with van der Waals surface area (Å²) in [5, 5.41) is 15.1. The predicted octanol–water partition coefficient (Wildman–Crippen LogP) is 4.40. The predicted molar refractivity (Wildman–Crippen MR) is 111 cm³/mol. The van der Waals surface area contributed by atoms with Crippen LogP contribution in [0.3, 0.4) is 0 Å². The van der Waals surface area contributed by atoms with Gasteiger partial charge in [0.1, 0.15) is 11.5 Å². The van der Waals surface area contributed by atoms with Gasteiger partial charge in [-0.25, -0.2) is 0 Å². The molecule has 1 heterocycles. The summed E-state index contributed by atoms with van der Waals surface area (Å²) in [5.41, 5.74) is 1.34. The molecule has 26 heavy (non-hydrogen) atoms. The number of methoxy groups -OCH3 is 1. The van der Waals surface area contributed by atoms with Crippen molar-refractivity contribution in [2.24, 2.45) is 5.10 Å². The summed E-state index contributed by atoms with van der Waals surface area (Å²) < 4.78 is 6.25. The van der Waals surface area contributed by atoms with Crippen molar-refractivity contribution in [3.63, 3.8) is 0 Å². The summed E-state index contributed by atoms with van der Waals surface area (Å²) in [6.45, 7) is 0. The highest BCUT2D eigenvalue weighted by Gasteiger charge is 2.32. The Morgan fingerprint density at radius 3 is 2.69 bits per heavy atom. The van der Waals surface area contributed by atoms with Crippen LogP contribution in [0.1, 0.15) is 11.1 Å². The van der Waals surface area contributed by atoms with Gasteiger partial charge in [0.05, 0.1) is 18.2 Å². The molecule has 0 atom stereocenters. The Morgan fingerprint density at radius 1 is 1.27 bits per heavy atom. The second-order valence-corrected chi connectivity index (χ2v) is 7.81.